The van der Waals surface area contributed by atoms with Gasteiger partial charge in [-0.25, -0.2) is 23.5 Å². The van der Waals surface area contributed by atoms with Crippen LogP contribution in [0.4, 0.5) is 14.6 Å². The number of pyridine rings is 1. The Morgan fingerprint density at radius 1 is 1.20 bits per heavy atom. The molecule has 9 nitrogen and oxygen atoms in total. The predicted octanol–water partition coefficient (Wildman–Crippen LogP) is 4.43. The second-order valence-electron chi connectivity index (χ2n) is 7.37. The first-order valence-corrected chi connectivity index (χ1v) is 11.5. The normalized spacial score (nSPS) is 11.2. The van der Waals surface area contributed by atoms with Gasteiger partial charge in [-0.15, -0.1) is 11.3 Å². The number of fused-ring (bicyclic) bond motifs is 1. The second kappa shape index (κ2) is 9.58. The van der Waals surface area contributed by atoms with Crippen molar-refractivity contribution in [3.63, 3.8) is 0 Å². The number of rotatable bonds is 8. The molecule has 0 aliphatic heterocycles. The van der Waals surface area contributed by atoms with E-state index < -0.39 is 17.4 Å². The molecular weight excluding hydrogens is 478 g/mol. The van der Waals surface area contributed by atoms with E-state index in [9.17, 15) is 13.6 Å². The van der Waals surface area contributed by atoms with Gasteiger partial charge in [0, 0.05) is 41.9 Å². The van der Waals surface area contributed by atoms with Gasteiger partial charge in [0.2, 0.25) is 0 Å². The van der Waals surface area contributed by atoms with E-state index in [1.165, 1.54) is 29.9 Å². The molecule has 0 spiro atoms. The zero-order valence-corrected chi connectivity index (χ0v) is 19.2. The van der Waals surface area contributed by atoms with Crippen molar-refractivity contribution in [1.29, 1.82) is 0 Å². The van der Waals surface area contributed by atoms with Gasteiger partial charge >= 0.3 is 5.76 Å². The molecule has 12 heteroatoms. The third kappa shape index (κ3) is 4.60. The van der Waals surface area contributed by atoms with E-state index in [1.54, 1.807) is 24.3 Å². The lowest BCUT2D eigenvalue weighted by atomic mass is 10.1. The summed E-state index contributed by atoms with van der Waals surface area (Å²) in [6.07, 6.45) is 2.99. The Labute approximate surface area is 200 Å². The molecule has 5 aromatic rings. The SMILES string of the molecule is CCOc1cc(-c2cc(NCCc3c(F)cc4ncccc4c3F)ncn2)sc1-c1noc(=O)[nH]1. The summed E-state index contributed by atoms with van der Waals surface area (Å²) in [5.41, 5.74) is 0.855. The summed E-state index contributed by atoms with van der Waals surface area (Å²) >= 11 is 1.31. The average Bonchev–Trinajstić information content (AvgIpc) is 3.48. The first-order valence-electron chi connectivity index (χ1n) is 10.6. The van der Waals surface area contributed by atoms with Crippen molar-refractivity contribution >= 4 is 28.1 Å². The fraction of sp³-hybridized carbons (Fsp3) is 0.174. The van der Waals surface area contributed by atoms with Crippen molar-refractivity contribution in [3.8, 4) is 27.0 Å². The standard InChI is InChI=1S/C23H18F2N6O3S/c1-2-33-17-10-18(35-21(17)22-30-23(32)34-31-22)16-9-19(29-11-28-16)27-7-5-12-14(24)8-15-13(20(12)25)4-3-6-26-15/h3-4,6,8-11H,2,5,7H2,1H3,(H,27,28,29)(H,30,31,32). The number of hydrogen-bond acceptors (Lipinski definition) is 9. The minimum atomic E-state index is -0.665. The zero-order valence-electron chi connectivity index (χ0n) is 18.3. The molecule has 0 saturated carbocycles. The van der Waals surface area contributed by atoms with Crippen molar-refractivity contribution in [3.05, 3.63) is 70.6 Å². The molecule has 0 radical (unpaired) electrons. The summed E-state index contributed by atoms with van der Waals surface area (Å²) in [6.45, 7) is 2.51. The zero-order chi connectivity index (χ0) is 24.4. The van der Waals surface area contributed by atoms with Gasteiger partial charge < -0.3 is 10.1 Å². The van der Waals surface area contributed by atoms with Crippen LogP contribution in [-0.2, 0) is 6.42 Å². The van der Waals surface area contributed by atoms with Crippen molar-refractivity contribution in [2.24, 2.45) is 0 Å². The van der Waals surface area contributed by atoms with Crippen LogP contribution < -0.4 is 15.8 Å². The van der Waals surface area contributed by atoms with E-state index in [1.807, 2.05) is 6.92 Å². The molecule has 0 amide bonds. The Bertz CT molecular complexity index is 1560. The Hall–Kier alpha value is -4.19. The van der Waals surface area contributed by atoms with E-state index in [0.29, 0.717) is 28.7 Å². The van der Waals surface area contributed by atoms with Crippen molar-refractivity contribution < 1.29 is 18.0 Å². The van der Waals surface area contributed by atoms with Gasteiger partial charge in [-0.2, -0.15) is 0 Å². The fourth-order valence-corrected chi connectivity index (χ4v) is 4.59. The second-order valence-corrected chi connectivity index (χ2v) is 8.42. The van der Waals surface area contributed by atoms with Crippen LogP contribution >= 0.6 is 11.3 Å². The highest BCUT2D eigenvalue weighted by Crippen LogP contribution is 2.41. The van der Waals surface area contributed by atoms with Crippen LogP contribution in [0.15, 0.2) is 52.2 Å². The quantitative estimate of drug-likeness (QED) is 0.324. The van der Waals surface area contributed by atoms with Crippen molar-refractivity contribution in [1.82, 2.24) is 25.1 Å². The molecule has 0 bridgehead atoms. The lowest BCUT2D eigenvalue weighted by Gasteiger charge is -2.10. The maximum atomic E-state index is 14.8. The molecule has 0 saturated heterocycles. The monoisotopic (exact) mass is 496 g/mol. The Balaban J connectivity index is 1.35. The molecule has 2 N–H and O–H groups in total. The molecule has 5 rings (SSSR count). The Morgan fingerprint density at radius 3 is 2.89 bits per heavy atom. The summed E-state index contributed by atoms with van der Waals surface area (Å²) in [7, 11) is 0. The lowest BCUT2D eigenvalue weighted by molar-refractivity contribution is 0.342. The molecule has 1 aromatic carbocycles. The maximum Gasteiger partial charge on any atom is 0.439 e. The number of ether oxygens (including phenoxy) is 1. The summed E-state index contributed by atoms with van der Waals surface area (Å²) < 4.78 is 39.5. The molecule has 4 aromatic heterocycles. The molecule has 178 valence electrons. The fourth-order valence-electron chi connectivity index (χ4n) is 3.58. The minimum absolute atomic E-state index is 0.0156. The van der Waals surface area contributed by atoms with Crippen LogP contribution in [0.2, 0.25) is 0 Å². The number of thiophene rings is 1. The summed E-state index contributed by atoms with van der Waals surface area (Å²) in [4.78, 5) is 27.7. The number of hydrogen-bond donors (Lipinski definition) is 2. The van der Waals surface area contributed by atoms with Gasteiger partial charge in [-0.05, 0) is 25.5 Å². The van der Waals surface area contributed by atoms with E-state index in [4.69, 9.17) is 4.74 Å². The van der Waals surface area contributed by atoms with Crippen LogP contribution in [0.25, 0.3) is 32.2 Å². The molecule has 4 heterocycles. The van der Waals surface area contributed by atoms with Crippen LogP contribution in [0.3, 0.4) is 0 Å². The van der Waals surface area contributed by atoms with E-state index in [2.05, 4.69) is 34.9 Å². The first-order chi connectivity index (χ1) is 17.0. The number of aromatic nitrogens is 5. The smallest absolute Gasteiger partial charge is 0.439 e. The topological polar surface area (TPSA) is 119 Å². The largest absolute Gasteiger partial charge is 0.492 e. The summed E-state index contributed by atoms with van der Waals surface area (Å²) in [6, 6.07) is 7.93. The van der Waals surface area contributed by atoms with E-state index in [-0.39, 0.29) is 35.3 Å². The number of anilines is 1. The number of nitrogens with zero attached hydrogens (tertiary/aromatic N) is 4. The highest BCUT2D eigenvalue weighted by molar-refractivity contribution is 7.19. The highest BCUT2D eigenvalue weighted by Gasteiger charge is 2.18. The predicted molar refractivity (Wildman–Crippen MR) is 126 cm³/mol. The van der Waals surface area contributed by atoms with Gasteiger partial charge in [0.1, 0.15) is 34.4 Å². The number of aromatic amines is 1. The molecule has 0 unspecified atom stereocenters. The minimum Gasteiger partial charge on any atom is -0.492 e. The van der Waals surface area contributed by atoms with Gasteiger partial charge in [-0.1, -0.05) is 5.16 Å². The van der Waals surface area contributed by atoms with Crippen LogP contribution in [0.5, 0.6) is 5.75 Å². The lowest BCUT2D eigenvalue weighted by Crippen LogP contribution is -2.09. The molecule has 35 heavy (non-hydrogen) atoms. The van der Waals surface area contributed by atoms with Gasteiger partial charge in [-0.3, -0.25) is 14.5 Å². The highest BCUT2D eigenvalue weighted by atomic mass is 32.1. The Kier molecular flexibility index (Phi) is 6.19. The number of H-pyrrole nitrogens is 1. The number of benzene rings is 1. The molecule has 0 aliphatic carbocycles. The van der Waals surface area contributed by atoms with Crippen LogP contribution in [0, 0.1) is 11.6 Å². The van der Waals surface area contributed by atoms with Crippen molar-refractivity contribution in [2.75, 3.05) is 18.5 Å². The third-order valence-corrected chi connectivity index (χ3v) is 6.29. The van der Waals surface area contributed by atoms with E-state index in [0.717, 1.165) is 4.88 Å². The molecule has 0 atom stereocenters. The first kappa shape index (κ1) is 22.6. The molecule has 0 fully saturated rings. The Morgan fingerprint density at radius 2 is 2.09 bits per heavy atom. The van der Waals surface area contributed by atoms with Gasteiger partial charge in [0.15, 0.2) is 5.82 Å². The van der Waals surface area contributed by atoms with Crippen LogP contribution in [-0.4, -0.2) is 38.2 Å². The summed E-state index contributed by atoms with van der Waals surface area (Å²) in [5.74, 6) is -0.640. The maximum absolute atomic E-state index is 14.8. The van der Waals surface area contributed by atoms with Gasteiger partial charge in [0.25, 0.3) is 0 Å². The number of nitrogens with one attached hydrogen (secondary N) is 2. The van der Waals surface area contributed by atoms with Crippen LogP contribution in [0.1, 0.15) is 12.5 Å². The van der Waals surface area contributed by atoms with Gasteiger partial charge in [0.05, 0.1) is 22.7 Å². The van der Waals surface area contributed by atoms with Crippen molar-refractivity contribution in [2.45, 2.75) is 13.3 Å². The number of halogens is 2. The molecule has 0 aliphatic rings. The summed E-state index contributed by atoms with van der Waals surface area (Å²) in [5, 5.41) is 7.10. The van der Waals surface area contributed by atoms with E-state index >= 15 is 0 Å². The third-order valence-electron chi connectivity index (χ3n) is 5.15. The average molecular weight is 496 g/mol. The molecular formula is C23H18F2N6O3S.